The molecule has 3 atom stereocenters. The van der Waals surface area contributed by atoms with Crippen molar-refractivity contribution in [3.05, 3.63) is 0 Å². The Hall–Kier alpha value is -0.160. The molecule has 0 radical (unpaired) electrons. The topological polar surface area (TPSA) is 52.7 Å². The number of likely N-dealkylation sites (N-methyl/N-ethyl adjacent to an activating group) is 1. The van der Waals surface area contributed by atoms with Crippen molar-refractivity contribution in [1.29, 1.82) is 0 Å². The van der Waals surface area contributed by atoms with E-state index in [2.05, 4.69) is 16.8 Å². The molecule has 0 aromatic carbocycles. The number of nitrogens with two attached hydrogens (primary N) is 1. The second-order valence-corrected chi connectivity index (χ2v) is 5.31. The summed E-state index contributed by atoms with van der Waals surface area (Å²) in [6.45, 7) is 3.90. The predicted octanol–water partition coefficient (Wildman–Crippen LogP) is -0.135. The van der Waals surface area contributed by atoms with Crippen LogP contribution in [0.2, 0.25) is 0 Å². The van der Waals surface area contributed by atoms with Crippen molar-refractivity contribution in [3.8, 4) is 0 Å². The van der Waals surface area contributed by atoms with E-state index in [0.29, 0.717) is 18.6 Å². The maximum Gasteiger partial charge on any atom is 0.0695 e. The molecular weight excluding hydrogens is 202 g/mol. The third-order valence-electron chi connectivity index (χ3n) is 4.12. The molecular formula is C12H25N3O. The van der Waals surface area contributed by atoms with Crippen molar-refractivity contribution < 1.29 is 5.11 Å². The average Bonchev–Trinajstić information content (AvgIpc) is 2.30. The quantitative estimate of drug-likeness (QED) is 0.690. The highest BCUT2D eigenvalue weighted by Crippen LogP contribution is 2.25. The molecule has 0 bridgehead atoms. The smallest absolute Gasteiger partial charge is 0.0695 e. The molecule has 3 N–H and O–H groups in total. The van der Waals surface area contributed by atoms with Crippen molar-refractivity contribution in [3.63, 3.8) is 0 Å². The van der Waals surface area contributed by atoms with Crippen molar-refractivity contribution in [2.24, 2.45) is 5.73 Å². The highest BCUT2D eigenvalue weighted by atomic mass is 16.3. The summed E-state index contributed by atoms with van der Waals surface area (Å²) < 4.78 is 0. The van der Waals surface area contributed by atoms with Crippen LogP contribution in [0.1, 0.15) is 25.7 Å². The minimum atomic E-state index is -0.133. The van der Waals surface area contributed by atoms with Gasteiger partial charge in [0.25, 0.3) is 0 Å². The standard InChI is InChI=1S/C12H25N3O/c1-14-6-7-15(10(8-13)9-14)11-4-2-3-5-12(11)16/h10-12,16H,2-9,13H2,1H3. The highest BCUT2D eigenvalue weighted by Gasteiger charge is 2.34. The van der Waals surface area contributed by atoms with Gasteiger partial charge in [0.15, 0.2) is 0 Å². The Labute approximate surface area is 98.4 Å². The SMILES string of the molecule is CN1CCN(C2CCCCC2O)C(CN)C1. The van der Waals surface area contributed by atoms with Gasteiger partial charge in [0, 0.05) is 38.3 Å². The van der Waals surface area contributed by atoms with Gasteiger partial charge in [-0.2, -0.15) is 0 Å². The number of nitrogens with zero attached hydrogens (tertiary/aromatic N) is 2. The van der Waals surface area contributed by atoms with E-state index in [-0.39, 0.29) is 6.10 Å². The molecule has 0 amide bonds. The van der Waals surface area contributed by atoms with Gasteiger partial charge in [0.05, 0.1) is 6.10 Å². The van der Waals surface area contributed by atoms with E-state index in [1.807, 2.05) is 0 Å². The molecule has 16 heavy (non-hydrogen) atoms. The van der Waals surface area contributed by atoms with Crippen LogP contribution in [0, 0.1) is 0 Å². The molecule has 1 heterocycles. The predicted molar refractivity (Wildman–Crippen MR) is 65.3 cm³/mol. The van der Waals surface area contributed by atoms with Gasteiger partial charge in [-0.05, 0) is 19.9 Å². The van der Waals surface area contributed by atoms with Gasteiger partial charge in [0.2, 0.25) is 0 Å². The zero-order valence-electron chi connectivity index (χ0n) is 10.3. The van der Waals surface area contributed by atoms with E-state index >= 15 is 0 Å². The van der Waals surface area contributed by atoms with Crippen LogP contribution in [-0.2, 0) is 0 Å². The van der Waals surface area contributed by atoms with Gasteiger partial charge in [-0.1, -0.05) is 12.8 Å². The molecule has 0 spiro atoms. The Kier molecular flexibility index (Phi) is 4.19. The van der Waals surface area contributed by atoms with E-state index in [4.69, 9.17) is 5.73 Å². The van der Waals surface area contributed by atoms with Gasteiger partial charge < -0.3 is 15.7 Å². The summed E-state index contributed by atoms with van der Waals surface area (Å²) in [6.07, 6.45) is 4.41. The zero-order valence-corrected chi connectivity index (χ0v) is 10.3. The van der Waals surface area contributed by atoms with Crippen LogP contribution in [0.5, 0.6) is 0 Å². The molecule has 1 aliphatic carbocycles. The number of aliphatic hydroxyl groups is 1. The summed E-state index contributed by atoms with van der Waals surface area (Å²) in [7, 11) is 2.15. The Bertz CT molecular complexity index is 224. The van der Waals surface area contributed by atoms with Gasteiger partial charge in [-0.3, -0.25) is 4.90 Å². The van der Waals surface area contributed by atoms with E-state index in [1.165, 1.54) is 12.8 Å². The van der Waals surface area contributed by atoms with Crippen LogP contribution in [0.3, 0.4) is 0 Å². The van der Waals surface area contributed by atoms with Crippen LogP contribution in [0.4, 0.5) is 0 Å². The van der Waals surface area contributed by atoms with E-state index < -0.39 is 0 Å². The van der Waals surface area contributed by atoms with Gasteiger partial charge >= 0.3 is 0 Å². The molecule has 1 aliphatic heterocycles. The lowest BCUT2D eigenvalue weighted by Crippen LogP contribution is -2.61. The zero-order chi connectivity index (χ0) is 11.5. The van der Waals surface area contributed by atoms with Crippen molar-refractivity contribution in [1.82, 2.24) is 9.80 Å². The molecule has 0 aromatic heterocycles. The van der Waals surface area contributed by atoms with E-state index in [0.717, 1.165) is 32.5 Å². The second kappa shape index (κ2) is 5.45. The van der Waals surface area contributed by atoms with E-state index in [1.54, 1.807) is 0 Å². The Morgan fingerprint density at radius 3 is 2.69 bits per heavy atom. The lowest BCUT2D eigenvalue weighted by molar-refractivity contribution is -0.0267. The first kappa shape index (κ1) is 12.3. The number of piperazine rings is 1. The maximum absolute atomic E-state index is 10.1. The van der Waals surface area contributed by atoms with Crippen LogP contribution in [0.15, 0.2) is 0 Å². The van der Waals surface area contributed by atoms with Crippen molar-refractivity contribution in [2.45, 2.75) is 43.9 Å². The van der Waals surface area contributed by atoms with Crippen LogP contribution >= 0.6 is 0 Å². The number of hydrogen-bond acceptors (Lipinski definition) is 4. The van der Waals surface area contributed by atoms with Crippen LogP contribution in [0.25, 0.3) is 0 Å². The molecule has 3 unspecified atom stereocenters. The summed E-state index contributed by atoms with van der Waals surface area (Å²) in [6, 6.07) is 0.785. The molecule has 1 saturated carbocycles. The molecule has 2 fully saturated rings. The molecule has 0 aromatic rings. The summed E-state index contributed by atoms with van der Waals surface area (Å²) in [5, 5.41) is 10.1. The summed E-state index contributed by atoms with van der Waals surface area (Å²) in [4.78, 5) is 4.80. The summed E-state index contributed by atoms with van der Waals surface area (Å²) in [5.41, 5.74) is 5.86. The Morgan fingerprint density at radius 1 is 1.25 bits per heavy atom. The average molecular weight is 227 g/mol. The monoisotopic (exact) mass is 227 g/mol. The largest absolute Gasteiger partial charge is 0.391 e. The van der Waals surface area contributed by atoms with Crippen molar-refractivity contribution >= 4 is 0 Å². The fourth-order valence-electron chi connectivity index (χ4n) is 3.15. The number of hydrogen-bond donors (Lipinski definition) is 2. The number of rotatable bonds is 2. The molecule has 2 aliphatic rings. The normalized spacial score (nSPS) is 38.8. The highest BCUT2D eigenvalue weighted by molar-refractivity contribution is 4.91. The van der Waals surface area contributed by atoms with Gasteiger partial charge in [0.1, 0.15) is 0 Å². The minimum Gasteiger partial charge on any atom is -0.391 e. The van der Waals surface area contributed by atoms with Gasteiger partial charge in [-0.15, -0.1) is 0 Å². The fourth-order valence-corrected chi connectivity index (χ4v) is 3.15. The summed E-state index contributed by atoms with van der Waals surface area (Å²) >= 11 is 0. The fraction of sp³-hybridized carbons (Fsp3) is 1.00. The maximum atomic E-state index is 10.1. The molecule has 1 saturated heterocycles. The first-order chi connectivity index (χ1) is 7.72. The molecule has 4 heteroatoms. The van der Waals surface area contributed by atoms with E-state index in [9.17, 15) is 5.11 Å². The van der Waals surface area contributed by atoms with Crippen LogP contribution < -0.4 is 5.73 Å². The first-order valence-corrected chi connectivity index (χ1v) is 6.55. The number of aliphatic hydroxyl groups excluding tert-OH is 1. The molecule has 4 nitrogen and oxygen atoms in total. The molecule has 94 valence electrons. The lowest BCUT2D eigenvalue weighted by atomic mass is 9.90. The Balaban J connectivity index is 2.00. The third kappa shape index (κ3) is 2.56. The Morgan fingerprint density at radius 2 is 2.00 bits per heavy atom. The summed E-state index contributed by atoms with van der Waals surface area (Å²) in [5.74, 6) is 0. The van der Waals surface area contributed by atoms with Gasteiger partial charge in [-0.25, -0.2) is 0 Å². The van der Waals surface area contributed by atoms with Crippen molar-refractivity contribution in [2.75, 3.05) is 33.2 Å². The van der Waals surface area contributed by atoms with Crippen LogP contribution in [-0.4, -0.2) is 66.3 Å². The second-order valence-electron chi connectivity index (χ2n) is 5.31. The lowest BCUT2D eigenvalue weighted by Gasteiger charge is -2.46. The minimum absolute atomic E-state index is 0.133. The first-order valence-electron chi connectivity index (χ1n) is 6.55. The molecule has 2 rings (SSSR count). The third-order valence-corrected chi connectivity index (χ3v) is 4.12.